The molecule has 0 spiro atoms. The number of carbonyl (C=O) groups is 1. The summed E-state index contributed by atoms with van der Waals surface area (Å²) in [6.45, 7) is 4.33. The maximum Gasteiger partial charge on any atom is 0.340 e. The van der Waals surface area contributed by atoms with E-state index >= 15 is 0 Å². The molecule has 0 aliphatic rings. The van der Waals surface area contributed by atoms with Crippen molar-refractivity contribution in [2.24, 2.45) is 0 Å². The molecule has 1 aromatic heterocycles. The fourth-order valence-corrected chi connectivity index (χ4v) is 2.49. The molecular formula is C12H18N2O3S. The van der Waals surface area contributed by atoms with Crippen molar-refractivity contribution < 1.29 is 14.6 Å². The molecule has 0 aromatic carbocycles. The number of ether oxygens (including phenoxy) is 1. The van der Waals surface area contributed by atoms with Gasteiger partial charge in [0.2, 0.25) is 0 Å². The number of nitrogens with zero attached hydrogens (tertiary/aromatic N) is 2. The van der Waals surface area contributed by atoms with Gasteiger partial charge in [0.15, 0.2) is 0 Å². The monoisotopic (exact) mass is 270 g/mol. The van der Waals surface area contributed by atoms with Crippen LogP contribution in [0.3, 0.4) is 0 Å². The van der Waals surface area contributed by atoms with Crippen LogP contribution >= 0.6 is 11.8 Å². The predicted molar refractivity (Wildman–Crippen MR) is 70.3 cm³/mol. The van der Waals surface area contributed by atoms with Crippen LogP contribution in [0.25, 0.3) is 0 Å². The van der Waals surface area contributed by atoms with Crippen LogP contribution < -0.4 is 0 Å². The molecular weight excluding hydrogens is 252 g/mol. The van der Waals surface area contributed by atoms with E-state index in [0.29, 0.717) is 29.6 Å². The molecule has 100 valence electrons. The van der Waals surface area contributed by atoms with Crippen LogP contribution in [0.4, 0.5) is 0 Å². The van der Waals surface area contributed by atoms with Gasteiger partial charge in [-0.15, -0.1) is 11.8 Å². The van der Waals surface area contributed by atoms with Gasteiger partial charge in [0.05, 0.1) is 5.69 Å². The van der Waals surface area contributed by atoms with Crippen LogP contribution in [0.1, 0.15) is 35.2 Å². The number of aromatic nitrogens is 2. The first-order valence-corrected chi connectivity index (χ1v) is 6.81. The number of aromatic carboxylic acids is 1. The lowest BCUT2D eigenvalue weighted by atomic mass is 10.2. The van der Waals surface area contributed by atoms with Crippen molar-refractivity contribution in [2.45, 2.75) is 31.7 Å². The number of hydrogen-bond acceptors (Lipinski definition) is 5. The third-order valence-electron chi connectivity index (χ3n) is 2.36. The number of aryl methyl sites for hydroxylation is 2. The number of carboxylic acids is 1. The van der Waals surface area contributed by atoms with Crippen LogP contribution in [0.2, 0.25) is 0 Å². The molecule has 18 heavy (non-hydrogen) atoms. The van der Waals surface area contributed by atoms with Gasteiger partial charge in [0.1, 0.15) is 16.4 Å². The van der Waals surface area contributed by atoms with Gasteiger partial charge in [-0.1, -0.05) is 6.92 Å². The third-order valence-corrected chi connectivity index (χ3v) is 3.43. The van der Waals surface area contributed by atoms with Crippen molar-refractivity contribution in [3.63, 3.8) is 0 Å². The standard InChI is InChI=1S/C12H18N2O3S/c1-4-9-13-8(2)10(12(15)16)11(14-9)18-7-5-6-17-3/h4-7H2,1-3H3,(H,15,16). The molecule has 5 nitrogen and oxygen atoms in total. The van der Waals surface area contributed by atoms with Gasteiger partial charge in [-0.2, -0.15) is 0 Å². The quantitative estimate of drug-likeness (QED) is 0.465. The summed E-state index contributed by atoms with van der Waals surface area (Å²) in [6, 6.07) is 0. The molecule has 1 rings (SSSR count). The molecule has 1 aromatic rings. The Morgan fingerprint density at radius 1 is 1.44 bits per heavy atom. The van der Waals surface area contributed by atoms with E-state index in [2.05, 4.69) is 9.97 Å². The molecule has 0 fully saturated rings. The molecule has 1 heterocycles. The van der Waals surface area contributed by atoms with E-state index in [0.717, 1.165) is 12.2 Å². The maximum atomic E-state index is 11.2. The summed E-state index contributed by atoms with van der Waals surface area (Å²) in [6.07, 6.45) is 1.57. The Labute approximate surface area is 111 Å². The van der Waals surface area contributed by atoms with E-state index in [4.69, 9.17) is 4.74 Å². The fourth-order valence-electron chi connectivity index (χ4n) is 1.48. The molecule has 0 radical (unpaired) electrons. The van der Waals surface area contributed by atoms with Gasteiger partial charge in [0, 0.05) is 25.9 Å². The number of carboxylic acid groups (broad SMARTS) is 1. The van der Waals surface area contributed by atoms with Crippen molar-refractivity contribution in [3.8, 4) is 0 Å². The topological polar surface area (TPSA) is 72.3 Å². The van der Waals surface area contributed by atoms with Gasteiger partial charge in [-0.05, 0) is 13.3 Å². The summed E-state index contributed by atoms with van der Waals surface area (Å²) < 4.78 is 4.96. The van der Waals surface area contributed by atoms with Crippen molar-refractivity contribution in [3.05, 3.63) is 17.1 Å². The Hall–Kier alpha value is -1.14. The van der Waals surface area contributed by atoms with Gasteiger partial charge >= 0.3 is 5.97 Å². The smallest absolute Gasteiger partial charge is 0.340 e. The van der Waals surface area contributed by atoms with Crippen LogP contribution in [-0.4, -0.2) is 40.5 Å². The molecule has 0 saturated carbocycles. The van der Waals surface area contributed by atoms with Gasteiger partial charge in [0.25, 0.3) is 0 Å². The lowest BCUT2D eigenvalue weighted by molar-refractivity contribution is 0.0690. The molecule has 0 aliphatic heterocycles. The van der Waals surface area contributed by atoms with E-state index in [1.54, 1.807) is 14.0 Å². The minimum absolute atomic E-state index is 0.217. The highest BCUT2D eigenvalue weighted by molar-refractivity contribution is 7.99. The van der Waals surface area contributed by atoms with E-state index < -0.39 is 5.97 Å². The number of rotatable bonds is 7. The van der Waals surface area contributed by atoms with Crippen LogP contribution in [0, 0.1) is 6.92 Å². The van der Waals surface area contributed by atoms with E-state index in [1.165, 1.54) is 11.8 Å². The van der Waals surface area contributed by atoms with E-state index in [1.807, 2.05) is 6.92 Å². The number of hydrogen-bond donors (Lipinski definition) is 1. The summed E-state index contributed by atoms with van der Waals surface area (Å²) in [5.41, 5.74) is 0.748. The van der Waals surface area contributed by atoms with Crippen LogP contribution in [0.15, 0.2) is 5.03 Å². The maximum absolute atomic E-state index is 11.2. The first-order valence-electron chi connectivity index (χ1n) is 5.82. The molecule has 0 saturated heterocycles. The highest BCUT2D eigenvalue weighted by Gasteiger charge is 2.17. The molecule has 6 heteroatoms. The minimum atomic E-state index is -0.968. The van der Waals surface area contributed by atoms with Gasteiger partial charge in [-0.3, -0.25) is 0 Å². The van der Waals surface area contributed by atoms with Gasteiger partial charge in [-0.25, -0.2) is 14.8 Å². The zero-order valence-corrected chi connectivity index (χ0v) is 11.7. The summed E-state index contributed by atoms with van der Waals surface area (Å²) in [5.74, 6) is 0.504. The number of thioether (sulfide) groups is 1. The highest BCUT2D eigenvalue weighted by atomic mass is 32.2. The van der Waals surface area contributed by atoms with Crippen molar-refractivity contribution in [2.75, 3.05) is 19.5 Å². The van der Waals surface area contributed by atoms with Gasteiger partial charge < -0.3 is 9.84 Å². The third kappa shape index (κ3) is 3.96. The largest absolute Gasteiger partial charge is 0.478 e. The summed E-state index contributed by atoms with van der Waals surface area (Å²) in [5, 5.41) is 9.75. The highest BCUT2D eigenvalue weighted by Crippen LogP contribution is 2.23. The Balaban J connectivity index is 2.91. The zero-order chi connectivity index (χ0) is 13.5. The average molecular weight is 270 g/mol. The molecule has 0 aliphatic carbocycles. The SMILES string of the molecule is CCc1nc(C)c(C(=O)O)c(SCCCOC)n1. The Morgan fingerprint density at radius 2 is 2.17 bits per heavy atom. The van der Waals surface area contributed by atoms with Crippen molar-refractivity contribution in [1.29, 1.82) is 0 Å². The number of methoxy groups -OCH3 is 1. The zero-order valence-electron chi connectivity index (χ0n) is 10.9. The van der Waals surface area contributed by atoms with E-state index in [9.17, 15) is 9.90 Å². The Morgan fingerprint density at radius 3 is 2.72 bits per heavy atom. The first-order chi connectivity index (χ1) is 8.60. The van der Waals surface area contributed by atoms with E-state index in [-0.39, 0.29) is 5.56 Å². The minimum Gasteiger partial charge on any atom is -0.478 e. The molecule has 0 atom stereocenters. The van der Waals surface area contributed by atoms with Crippen molar-refractivity contribution >= 4 is 17.7 Å². The lowest BCUT2D eigenvalue weighted by Gasteiger charge is -2.09. The molecule has 0 amide bonds. The second kappa shape index (κ2) is 7.33. The molecule has 1 N–H and O–H groups in total. The normalized spacial score (nSPS) is 10.6. The van der Waals surface area contributed by atoms with Crippen molar-refractivity contribution in [1.82, 2.24) is 9.97 Å². The Bertz CT molecular complexity index is 424. The van der Waals surface area contributed by atoms with Crippen LogP contribution in [0.5, 0.6) is 0 Å². The Kier molecular flexibility index (Phi) is 6.07. The second-order valence-electron chi connectivity index (χ2n) is 3.76. The lowest BCUT2D eigenvalue weighted by Crippen LogP contribution is -2.09. The summed E-state index contributed by atoms with van der Waals surface area (Å²) in [7, 11) is 1.65. The molecule has 0 unspecified atom stereocenters. The average Bonchev–Trinajstić information content (AvgIpc) is 2.33. The second-order valence-corrected chi connectivity index (χ2v) is 4.84. The fraction of sp³-hybridized carbons (Fsp3) is 0.583. The molecule has 0 bridgehead atoms. The summed E-state index contributed by atoms with van der Waals surface area (Å²) >= 11 is 1.45. The van der Waals surface area contributed by atoms with Crippen LogP contribution in [-0.2, 0) is 11.2 Å². The predicted octanol–water partition coefficient (Wildman–Crippen LogP) is 2.17. The summed E-state index contributed by atoms with van der Waals surface area (Å²) in [4.78, 5) is 19.7. The first kappa shape index (κ1) is 14.9.